The van der Waals surface area contributed by atoms with Crippen molar-refractivity contribution in [3.63, 3.8) is 0 Å². The van der Waals surface area contributed by atoms with E-state index >= 15 is 0 Å². The van der Waals surface area contributed by atoms with Crippen LogP contribution in [0, 0.1) is 10.1 Å². The number of rotatable bonds is 6. The Morgan fingerprint density at radius 2 is 1.78 bits per heavy atom. The molecule has 1 aromatic heterocycles. The second kappa shape index (κ2) is 7.48. The summed E-state index contributed by atoms with van der Waals surface area (Å²) in [4.78, 5) is 34.4. The van der Waals surface area contributed by atoms with Gasteiger partial charge in [-0.15, -0.1) is 0 Å². The summed E-state index contributed by atoms with van der Waals surface area (Å²) < 4.78 is 1.40. The number of nitro benzene ring substituents is 1. The Morgan fingerprint density at radius 3 is 2.37 bits per heavy atom. The summed E-state index contributed by atoms with van der Waals surface area (Å²) in [5, 5.41) is 17.4. The molecule has 3 N–H and O–H groups in total. The number of nitrogens with one attached hydrogen (secondary N) is 1. The van der Waals surface area contributed by atoms with Crippen LogP contribution in [0.4, 0.5) is 5.69 Å². The largest absolute Gasteiger partial charge is 0.368 e. The predicted octanol–water partition coefficient (Wildman–Crippen LogP) is 1.74. The third-order valence-electron chi connectivity index (χ3n) is 3.86. The number of non-ortho nitro benzene ring substituents is 1. The number of hydrogen-bond donors (Lipinski definition) is 2. The minimum Gasteiger partial charge on any atom is -0.368 e. The molecule has 0 radical (unpaired) electrons. The fourth-order valence-electron chi connectivity index (χ4n) is 2.49. The lowest BCUT2D eigenvalue weighted by Gasteiger charge is -2.15. The number of amides is 2. The van der Waals surface area contributed by atoms with E-state index in [0.29, 0.717) is 11.3 Å². The Hall–Kier alpha value is -4.01. The first-order chi connectivity index (χ1) is 13.0. The molecule has 1 heterocycles. The molecule has 1 atom stereocenters. The molecule has 2 amide bonds. The van der Waals surface area contributed by atoms with E-state index in [-0.39, 0.29) is 11.3 Å². The van der Waals surface area contributed by atoms with Crippen molar-refractivity contribution in [2.24, 2.45) is 5.73 Å². The number of hydrogen-bond acceptors (Lipinski definition) is 5. The Bertz CT molecular complexity index is 983. The first-order valence-electron chi connectivity index (χ1n) is 7.90. The van der Waals surface area contributed by atoms with Crippen molar-refractivity contribution in [2.45, 2.75) is 6.04 Å². The van der Waals surface area contributed by atoms with Gasteiger partial charge >= 0.3 is 0 Å². The Balaban J connectivity index is 1.78. The maximum atomic E-state index is 12.5. The highest BCUT2D eigenvalue weighted by molar-refractivity contribution is 5.97. The number of aromatic nitrogens is 2. The molecule has 0 fully saturated rings. The van der Waals surface area contributed by atoms with Crippen LogP contribution < -0.4 is 11.1 Å². The number of primary amides is 1. The van der Waals surface area contributed by atoms with E-state index in [1.807, 2.05) is 0 Å². The van der Waals surface area contributed by atoms with Crippen LogP contribution in [0.5, 0.6) is 0 Å². The topological polar surface area (TPSA) is 133 Å². The van der Waals surface area contributed by atoms with Gasteiger partial charge in [-0.2, -0.15) is 5.10 Å². The van der Waals surface area contributed by atoms with Gasteiger partial charge in [-0.25, -0.2) is 4.68 Å². The second-order valence-corrected chi connectivity index (χ2v) is 5.67. The highest BCUT2D eigenvalue weighted by Gasteiger charge is 2.21. The average molecular weight is 365 g/mol. The summed E-state index contributed by atoms with van der Waals surface area (Å²) in [7, 11) is 0. The van der Waals surface area contributed by atoms with Crippen molar-refractivity contribution in [2.75, 3.05) is 0 Å². The maximum Gasteiger partial charge on any atom is 0.269 e. The van der Waals surface area contributed by atoms with Crippen molar-refractivity contribution >= 4 is 17.5 Å². The molecule has 0 aliphatic rings. The Morgan fingerprint density at radius 1 is 1.11 bits per heavy atom. The monoisotopic (exact) mass is 365 g/mol. The highest BCUT2D eigenvalue weighted by atomic mass is 16.6. The fourth-order valence-corrected chi connectivity index (χ4v) is 2.49. The zero-order chi connectivity index (χ0) is 19.4. The van der Waals surface area contributed by atoms with Crippen LogP contribution in [0.2, 0.25) is 0 Å². The number of nitro groups is 1. The summed E-state index contributed by atoms with van der Waals surface area (Å²) in [6.45, 7) is 0. The van der Waals surface area contributed by atoms with E-state index in [1.54, 1.807) is 30.3 Å². The van der Waals surface area contributed by atoms with Gasteiger partial charge in [0.05, 0.1) is 22.4 Å². The lowest BCUT2D eigenvalue weighted by atomic mass is 10.1. The van der Waals surface area contributed by atoms with Crippen LogP contribution in [0.15, 0.2) is 67.0 Å². The Labute approximate surface area is 153 Å². The molecular weight excluding hydrogens is 350 g/mol. The van der Waals surface area contributed by atoms with Gasteiger partial charge in [-0.3, -0.25) is 19.7 Å². The van der Waals surface area contributed by atoms with Gasteiger partial charge in [0.15, 0.2) is 0 Å². The number of benzene rings is 2. The molecular formula is C18H15N5O4. The van der Waals surface area contributed by atoms with E-state index in [1.165, 1.54) is 41.3 Å². The van der Waals surface area contributed by atoms with Crippen molar-refractivity contribution < 1.29 is 14.5 Å². The summed E-state index contributed by atoms with van der Waals surface area (Å²) in [6, 6.07) is 13.4. The Kier molecular flexibility index (Phi) is 4.93. The van der Waals surface area contributed by atoms with Gasteiger partial charge in [0, 0.05) is 18.3 Å². The van der Waals surface area contributed by atoms with E-state index in [9.17, 15) is 19.7 Å². The minimum absolute atomic E-state index is 0.0453. The van der Waals surface area contributed by atoms with Crippen molar-refractivity contribution in [3.8, 4) is 5.69 Å². The van der Waals surface area contributed by atoms with Gasteiger partial charge in [-0.1, -0.05) is 30.3 Å². The van der Waals surface area contributed by atoms with Crippen molar-refractivity contribution in [3.05, 3.63) is 88.2 Å². The quantitative estimate of drug-likeness (QED) is 0.507. The highest BCUT2D eigenvalue weighted by Crippen LogP contribution is 2.16. The van der Waals surface area contributed by atoms with Crippen molar-refractivity contribution in [1.29, 1.82) is 0 Å². The third-order valence-corrected chi connectivity index (χ3v) is 3.86. The number of nitrogens with zero attached hydrogens (tertiary/aromatic N) is 3. The molecule has 27 heavy (non-hydrogen) atoms. The normalized spacial score (nSPS) is 11.6. The zero-order valence-electron chi connectivity index (χ0n) is 14.0. The van der Waals surface area contributed by atoms with Crippen LogP contribution in [-0.4, -0.2) is 26.5 Å². The van der Waals surface area contributed by atoms with E-state index < -0.39 is 22.8 Å². The van der Waals surface area contributed by atoms with Crippen LogP contribution in [0.3, 0.4) is 0 Å². The first kappa shape index (κ1) is 17.8. The average Bonchev–Trinajstić information content (AvgIpc) is 3.17. The van der Waals surface area contributed by atoms with E-state index in [4.69, 9.17) is 5.73 Å². The lowest BCUT2D eigenvalue weighted by molar-refractivity contribution is -0.384. The number of carbonyl (C=O) groups is 2. The molecule has 9 heteroatoms. The third kappa shape index (κ3) is 3.98. The lowest BCUT2D eigenvalue weighted by Crippen LogP contribution is -2.37. The van der Waals surface area contributed by atoms with E-state index in [2.05, 4.69) is 10.4 Å². The summed E-state index contributed by atoms with van der Waals surface area (Å²) in [5.74, 6) is -1.20. The summed E-state index contributed by atoms with van der Waals surface area (Å²) in [6.07, 6.45) is 2.79. The molecule has 2 aromatic carbocycles. The van der Waals surface area contributed by atoms with Crippen LogP contribution in [0.1, 0.15) is 22.0 Å². The van der Waals surface area contributed by atoms with Gasteiger partial charge < -0.3 is 11.1 Å². The molecule has 3 aromatic rings. The van der Waals surface area contributed by atoms with Crippen LogP contribution in [-0.2, 0) is 4.79 Å². The molecule has 0 spiro atoms. The second-order valence-electron chi connectivity index (χ2n) is 5.67. The molecule has 0 bridgehead atoms. The van der Waals surface area contributed by atoms with Crippen molar-refractivity contribution in [1.82, 2.24) is 15.1 Å². The van der Waals surface area contributed by atoms with Crippen LogP contribution in [0.25, 0.3) is 5.69 Å². The predicted molar refractivity (Wildman–Crippen MR) is 96.1 cm³/mol. The zero-order valence-corrected chi connectivity index (χ0v) is 14.0. The smallest absolute Gasteiger partial charge is 0.269 e. The SMILES string of the molecule is NC(=O)C(NC(=O)c1cnn(-c2ccc([N+](=O)[O-])cc2)c1)c1ccccc1. The maximum absolute atomic E-state index is 12.5. The van der Waals surface area contributed by atoms with Gasteiger partial charge in [0.2, 0.25) is 5.91 Å². The van der Waals surface area contributed by atoms with E-state index in [0.717, 1.165) is 0 Å². The molecule has 3 rings (SSSR count). The minimum atomic E-state index is -0.971. The first-order valence-corrected chi connectivity index (χ1v) is 7.90. The van der Waals surface area contributed by atoms with Crippen LogP contribution >= 0.6 is 0 Å². The summed E-state index contributed by atoms with van der Waals surface area (Å²) in [5.41, 5.74) is 6.69. The molecule has 136 valence electrons. The fraction of sp³-hybridized carbons (Fsp3) is 0.0556. The van der Waals surface area contributed by atoms with Gasteiger partial charge in [-0.05, 0) is 17.7 Å². The van der Waals surface area contributed by atoms with Gasteiger partial charge in [0.25, 0.3) is 11.6 Å². The number of nitrogens with two attached hydrogens (primary N) is 1. The number of carbonyl (C=O) groups excluding carboxylic acids is 2. The molecule has 1 unspecified atom stereocenters. The standard InChI is InChI=1S/C18H15N5O4/c19-17(24)16(12-4-2-1-3-5-12)21-18(25)13-10-20-22(11-13)14-6-8-15(9-7-14)23(26)27/h1-11,16H,(H2,19,24)(H,21,25). The summed E-state index contributed by atoms with van der Waals surface area (Å²) >= 11 is 0. The molecule has 0 saturated carbocycles. The molecule has 0 aliphatic carbocycles. The molecule has 0 aliphatic heterocycles. The molecule has 0 saturated heterocycles. The molecule has 9 nitrogen and oxygen atoms in total. The van der Waals surface area contributed by atoms with Gasteiger partial charge in [0.1, 0.15) is 6.04 Å².